The second kappa shape index (κ2) is 5.42. The van der Waals surface area contributed by atoms with Crippen molar-refractivity contribution in [1.82, 2.24) is 9.29 Å². The maximum Gasteiger partial charge on any atom is 0.267 e. The number of para-hydroxylation sites is 1. The second-order valence-corrected chi connectivity index (χ2v) is 7.61. The van der Waals surface area contributed by atoms with E-state index in [0.717, 1.165) is 9.69 Å². The fraction of sp³-hybridized carbons (Fsp3) is 0.111. The Morgan fingerprint density at radius 2 is 1.79 bits per heavy atom. The molecule has 0 bridgehead atoms. The molecule has 0 saturated carbocycles. The van der Waals surface area contributed by atoms with Crippen molar-refractivity contribution < 1.29 is 13.2 Å². The molecule has 0 aliphatic carbocycles. The Balaban J connectivity index is 1.80. The third-order valence-corrected chi connectivity index (χ3v) is 5.82. The SMILES string of the molecule is O=C1c2ccccc2CS(=O)(=O)N1Cc1cccc2cccnc12. The molecular weight excluding hydrogens is 324 g/mol. The van der Waals surface area contributed by atoms with Crippen molar-refractivity contribution in [2.75, 3.05) is 0 Å². The van der Waals surface area contributed by atoms with E-state index in [1.165, 1.54) is 0 Å². The highest BCUT2D eigenvalue weighted by atomic mass is 32.2. The highest BCUT2D eigenvalue weighted by Crippen LogP contribution is 2.27. The van der Waals surface area contributed by atoms with Crippen LogP contribution in [0.25, 0.3) is 10.9 Å². The van der Waals surface area contributed by atoms with Crippen molar-refractivity contribution in [1.29, 1.82) is 0 Å². The normalized spacial score (nSPS) is 16.2. The number of rotatable bonds is 2. The molecule has 2 heterocycles. The first-order chi connectivity index (χ1) is 11.6. The zero-order valence-electron chi connectivity index (χ0n) is 12.7. The largest absolute Gasteiger partial charge is 0.268 e. The number of aromatic nitrogens is 1. The van der Waals surface area contributed by atoms with Crippen molar-refractivity contribution in [3.63, 3.8) is 0 Å². The van der Waals surface area contributed by atoms with Gasteiger partial charge < -0.3 is 0 Å². The number of fused-ring (bicyclic) bond motifs is 2. The van der Waals surface area contributed by atoms with Gasteiger partial charge in [-0.15, -0.1) is 0 Å². The lowest BCUT2D eigenvalue weighted by molar-refractivity contribution is 0.0849. The Morgan fingerprint density at radius 3 is 2.67 bits per heavy atom. The minimum atomic E-state index is -3.70. The molecule has 0 N–H and O–H groups in total. The Bertz CT molecular complexity index is 1060. The minimum Gasteiger partial charge on any atom is -0.268 e. The topological polar surface area (TPSA) is 67.3 Å². The van der Waals surface area contributed by atoms with E-state index in [2.05, 4.69) is 4.98 Å². The lowest BCUT2D eigenvalue weighted by Crippen LogP contribution is -2.41. The monoisotopic (exact) mass is 338 g/mol. The summed E-state index contributed by atoms with van der Waals surface area (Å²) in [5.74, 6) is -0.641. The van der Waals surface area contributed by atoms with Crippen molar-refractivity contribution in [3.05, 3.63) is 77.5 Å². The maximum atomic E-state index is 12.7. The van der Waals surface area contributed by atoms with Gasteiger partial charge in [-0.2, -0.15) is 0 Å². The molecule has 0 unspecified atom stereocenters. The van der Waals surface area contributed by atoms with Gasteiger partial charge in [-0.1, -0.05) is 42.5 Å². The summed E-state index contributed by atoms with van der Waals surface area (Å²) in [6.07, 6.45) is 1.66. The van der Waals surface area contributed by atoms with Gasteiger partial charge in [0.1, 0.15) is 0 Å². The summed E-state index contributed by atoms with van der Waals surface area (Å²) in [7, 11) is -3.70. The third-order valence-electron chi connectivity index (χ3n) is 4.18. The molecule has 1 aliphatic heterocycles. The Labute approximate surface area is 139 Å². The fourth-order valence-corrected chi connectivity index (χ4v) is 4.50. The molecule has 4 rings (SSSR count). The van der Waals surface area contributed by atoms with Gasteiger partial charge in [0, 0.05) is 17.1 Å². The number of benzene rings is 2. The molecule has 24 heavy (non-hydrogen) atoms. The van der Waals surface area contributed by atoms with Gasteiger partial charge in [0.25, 0.3) is 5.91 Å². The smallest absolute Gasteiger partial charge is 0.267 e. The van der Waals surface area contributed by atoms with Crippen LogP contribution in [0, 0.1) is 0 Å². The van der Waals surface area contributed by atoms with Crippen LogP contribution in [-0.4, -0.2) is 23.6 Å². The number of amides is 1. The Hall–Kier alpha value is -2.73. The van der Waals surface area contributed by atoms with Crippen LogP contribution < -0.4 is 0 Å². The Morgan fingerprint density at radius 1 is 1.00 bits per heavy atom. The molecule has 6 heteroatoms. The minimum absolute atomic E-state index is 0.0101. The first kappa shape index (κ1) is 14.8. The highest BCUT2D eigenvalue weighted by Gasteiger charge is 2.35. The Kier molecular flexibility index (Phi) is 3.35. The standard InChI is InChI=1S/C18H14N2O3S/c21-18-16-9-2-1-5-15(16)12-24(22,23)20(18)11-14-7-3-6-13-8-4-10-19-17(13)14/h1-10H,11-12H2. The molecule has 1 amide bonds. The lowest BCUT2D eigenvalue weighted by atomic mass is 10.1. The predicted octanol–water partition coefficient (Wildman–Crippen LogP) is 2.72. The lowest BCUT2D eigenvalue weighted by Gasteiger charge is -2.28. The van der Waals surface area contributed by atoms with Gasteiger partial charge in [0.2, 0.25) is 10.0 Å². The molecular formula is C18H14N2O3S. The van der Waals surface area contributed by atoms with Crippen LogP contribution >= 0.6 is 0 Å². The maximum absolute atomic E-state index is 12.7. The van der Waals surface area contributed by atoms with E-state index in [9.17, 15) is 13.2 Å². The number of hydrogen-bond acceptors (Lipinski definition) is 4. The summed E-state index contributed by atoms with van der Waals surface area (Å²) in [6, 6.07) is 16.1. The van der Waals surface area contributed by atoms with Crippen LogP contribution in [0.4, 0.5) is 0 Å². The molecule has 0 atom stereocenters. The van der Waals surface area contributed by atoms with Crippen LogP contribution in [0.5, 0.6) is 0 Å². The zero-order valence-corrected chi connectivity index (χ0v) is 13.5. The van der Waals surface area contributed by atoms with Crippen LogP contribution in [-0.2, 0) is 22.3 Å². The van der Waals surface area contributed by atoms with E-state index >= 15 is 0 Å². The molecule has 0 fully saturated rings. The summed E-state index contributed by atoms with van der Waals surface area (Å²) in [4.78, 5) is 17.0. The molecule has 0 spiro atoms. The zero-order chi connectivity index (χ0) is 16.7. The average Bonchev–Trinajstić information content (AvgIpc) is 2.58. The summed E-state index contributed by atoms with van der Waals surface area (Å²) in [6.45, 7) is -0.0101. The van der Waals surface area contributed by atoms with E-state index in [0.29, 0.717) is 22.2 Å². The van der Waals surface area contributed by atoms with E-state index in [4.69, 9.17) is 0 Å². The van der Waals surface area contributed by atoms with E-state index in [-0.39, 0.29) is 12.3 Å². The second-order valence-electron chi connectivity index (χ2n) is 5.72. The first-order valence-electron chi connectivity index (χ1n) is 7.51. The highest BCUT2D eigenvalue weighted by molar-refractivity contribution is 7.89. The van der Waals surface area contributed by atoms with E-state index < -0.39 is 15.9 Å². The summed E-state index contributed by atoms with van der Waals surface area (Å²) >= 11 is 0. The van der Waals surface area contributed by atoms with E-state index in [1.807, 2.05) is 24.3 Å². The van der Waals surface area contributed by atoms with Gasteiger partial charge in [-0.25, -0.2) is 12.7 Å². The van der Waals surface area contributed by atoms with Crippen molar-refractivity contribution in [2.24, 2.45) is 0 Å². The van der Waals surface area contributed by atoms with Crippen LogP contribution in [0.3, 0.4) is 0 Å². The fourth-order valence-electron chi connectivity index (χ4n) is 3.01. The molecule has 1 aliphatic rings. The molecule has 0 radical (unpaired) electrons. The number of carbonyl (C=O) groups excluding carboxylic acids is 1. The van der Waals surface area contributed by atoms with Gasteiger partial charge in [-0.3, -0.25) is 9.78 Å². The molecule has 3 aromatic rings. The quantitative estimate of drug-likeness (QED) is 0.720. The van der Waals surface area contributed by atoms with Crippen LogP contribution in [0.1, 0.15) is 21.5 Å². The molecule has 1 aromatic heterocycles. The van der Waals surface area contributed by atoms with Gasteiger partial charge in [0.15, 0.2) is 0 Å². The van der Waals surface area contributed by atoms with Gasteiger partial charge >= 0.3 is 0 Å². The molecule has 5 nitrogen and oxygen atoms in total. The summed E-state index contributed by atoms with van der Waals surface area (Å²) in [5.41, 5.74) is 2.42. The van der Waals surface area contributed by atoms with Crippen molar-refractivity contribution in [3.8, 4) is 0 Å². The number of nitrogens with zero attached hydrogens (tertiary/aromatic N) is 2. The third kappa shape index (κ3) is 2.35. The number of sulfonamides is 1. The van der Waals surface area contributed by atoms with Crippen molar-refractivity contribution in [2.45, 2.75) is 12.3 Å². The van der Waals surface area contributed by atoms with E-state index in [1.54, 1.807) is 36.5 Å². The van der Waals surface area contributed by atoms with Crippen molar-refractivity contribution >= 4 is 26.8 Å². The molecule has 2 aromatic carbocycles. The summed E-state index contributed by atoms with van der Waals surface area (Å²) < 4.78 is 26.1. The molecule has 0 saturated heterocycles. The number of pyridine rings is 1. The number of carbonyl (C=O) groups is 1. The predicted molar refractivity (Wildman–Crippen MR) is 90.7 cm³/mol. The molecule has 120 valence electrons. The van der Waals surface area contributed by atoms with Crippen LogP contribution in [0.15, 0.2) is 60.8 Å². The van der Waals surface area contributed by atoms with Gasteiger partial charge in [0.05, 0.1) is 17.8 Å². The summed E-state index contributed by atoms with van der Waals surface area (Å²) in [5, 5.41) is 0.914. The number of hydrogen-bond donors (Lipinski definition) is 0. The average molecular weight is 338 g/mol. The van der Waals surface area contributed by atoms with Gasteiger partial charge in [-0.05, 0) is 23.3 Å². The first-order valence-corrected chi connectivity index (χ1v) is 9.12. The van der Waals surface area contributed by atoms with Crippen LogP contribution in [0.2, 0.25) is 0 Å².